The molecule has 0 amide bonds. The molecule has 2 rings (SSSR count). The Morgan fingerprint density at radius 3 is 2.26 bits per heavy atom. The van der Waals surface area contributed by atoms with E-state index in [2.05, 4.69) is 45.0 Å². The van der Waals surface area contributed by atoms with Gasteiger partial charge in [-0.25, -0.2) is 0 Å². The predicted molar refractivity (Wildman–Crippen MR) is 81.4 cm³/mol. The first kappa shape index (κ1) is 14.6. The number of rotatable bonds is 3. The van der Waals surface area contributed by atoms with E-state index in [4.69, 9.17) is 0 Å². The molecule has 2 unspecified atom stereocenters. The van der Waals surface area contributed by atoms with Crippen LogP contribution in [0.4, 0.5) is 0 Å². The summed E-state index contributed by atoms with van der Waals surface area (Å²) in [5.41, 5.74) is 3.04. The van der Waals surface area contributed by atoms with E-state index < -0.39 is 0 Å². The van der Waals surface area contributed by atoms with Crippen LogP contribution >= 0.6 is 0 Å². The van der Waals surface area contributed by atoms with Crippen molar-refractivity contribution in [3.8, 4) is 0 Å². The molecule has 106 valence electrons. The summed E-state index contributed by atoms with van der Waals surface area (Å²) in [5.74, 6) is 0.524. The summed E-state index contributed by atoms with van der Waals surface area (Å²) in [6.07, 6.45) is 6.90. The van der Waals surface area contributed by atoms with Crippen molar-refractivity contribution in [1.82, 2.24) is 0 Å². The van der Waals surface area contributed by atoms with Crippen molar-refractivity contribution in [1.29, 1.82) is 0 Å². The number of hydrogen-bond donors (Lipinski definition) is 1. The summed E-state index contributed by atoms with van der Waals surface area (Å²) < 4.78 is 0. The van der Waals surface area contributed by atoms with Crippen molar-refractivity contribution in [3.63, 3.8) is 0 Å². The Morgan fingerprint density at radius 2 is 1.68 bits per heavy atom. The number of aliphatic hydroxyl groups excluding tert-OH is 1. The molecule has 1 heteroatoms. The maximum absolute atomic E-state index is 10.00. The largest absolute Gasteiger partial charge is 0.393 e. The second kappa shape index (κ2) is 6.09. The van der Waals surface area contributed by atoms with Crippen molar-refractivity contribution in [3.05, 3.63) is 35.4 Å². The maximum atomic E-state index is 10.00. The lowest BCUT2D eigenvalue weighted by molar-refractivity contribution is 0.0655. The summed E-state index contributed by atoms with van der Waals surface area (Å²) in [6.45, 7) is 6.75. The Labute approximate surface area is 118 Å². The molecule has 0 saturated heterocycles. The van der Waals surface area contributed by atoms with Gasteiger partial charge in [-0.2, -0.15) is 0 Å². The maximum Gasteiger partial charge on any atom is 0.0568 e. The van der Waals surface area contributed by atoms with Crippen LogP contribution in [0, 0.1) is 5.92 Å². The van der Waals surface area contributed by atoms with Crippen LogP contribution in [0.25, 0.3) is 0 Å². The van der Waals surface area contributed by atoms with Crippen LogP contribution < -0.4 is 0 Å². The molecule has 1 aliphatic rings. The third-order valence-corrected chi connectivity index (χ3v) is 4.49. The normalized spacial score (nSPS) is 24.4. The second-order valence-corrected chi connectivity index (χ2v) is 7.10. The van der Waals surface area contributed by atoms with Gasteiger partial charge in [0.15, 0.2) is 0 Å². The quantitative estimate of drug-likeness (QED) is 0.850. The fourth-order valence-electron chi connectivity index (χ4n) is 3.05. The highest BCUT2D eigenvalue weighted by Gasteiger charge is 2.22. The van der Waals surface area contributed by atoms with Gasteiger partial charge in [0.1, 0.15) is 0 Å². The first-order valence-corrected chi connectivity index (χ1v) is 7.74. The molecule has 0 aromatic heterocycles. The minimum absolute atomic E-state index is 0.0531. The molecule has 0 spiro atoms. The van der Waals surface area contributed by atoms with Gasteiger partial charge >= 0.3 is 0 Å². The molecule has 0 radical (unpaired) electrons. The summed E-state index contributed by atoms with van der Waals surface area (Å²) in [4.78, 5) is 0. The lowest BCUT2D eigenvalue weighted by Crippen LogP contribution is -2.24. The average Bonchev–Trinajstić information content (AvgIpc) is 2.37. The van der Waals surface area contributed by atoms with Crippen molar-refractivity contribution >= 4 is 0 Å². The highest BCUT2D eigenvalue weighted by atomic mass is 16.3. The van der Waals surface area contributed by atoms with E-state index in [9.17, 15) is 5.11 Å². The molecular weight excluding hydrogens is 232 g/mol. The van der Waals surface area contributed by atoms with Crippen molar-refractivity contribution in [2.45, 2.75) is 70.8 Å². The third-order valence-electron chi connectivity index (χ3n) is 4.49. The van der Waals surface area contributed by atoms with Crippen LogP contribution in [0.3, 0.4) is 0 Å². The molecule has 2 atom stereocenters. The average molecular weight is 260 g/mol. The fourth-order valence-corrected chi connectivity index (χ4v) is 3.05. The van der Waals surface area contributed by atoms with Gasteiger partial charge in [-0.15, -0.1) is 0 Å². The van der Waals surface area contributed by atoms with E-state index in [1.807, 2.05) is 0 Å². The van der Waals surface area contributed by atoms with Gasteiger partial charge < -0.3 is 5.11 Å². The molecule has 1 N–H and O–H groups in total. The molecule has 1 aliphatic carbocycles. The molecule has 1 nitrogen and oxygen atoms in total. The summed E-state index contributed by atoms with van der Waals surface area (Å²) in [5, 5.41) is 10.00. The SMILES string of the molecule is CC(C)(C)c1ccc(CCC2CCCCC2O)cc1. The summed E-state index contributed by atoms with van der Waals surface area (Å²) in [7, 11) is 0. The van der Waals surface area contributed by atoms with E-state index in [-0.39, 0.29) is 11.5 Å². The molecule has 1 saturated carbocycles. The number of aryl methyl sites for hydroxylation is 1. The van der Waals surface area contributed by atoms with Gasteiger partial charge in [0.05, 0.1) is 6.10 Å². The van der Waals surface area contributed by atoms with Crippen LogP contribution in [-0.2, 0) is 11.8 Å². The summed E-state index contributed by atoms with van der Waals surface area (Å²) in [6, 6.07) is 9.03. The standard InChI is InChI=1S/C18H28O/c1-18(2,3)16-12-9-14(10-13-16)8-11-15-6-4-5-7-17(15)19/h9-10,12-13,15,17,19H,4-8,11H2,1-3H3. The topological polar surface area (TPSA) is 20.2 Å². The highest BCUT2D eigenvalue weighted by molar-refractivity contribution is 5.27. The van der Waals surface area contributed by atoms with Crippen molar-refractivity contribution in [2.24, 2.45) is 5.92 Å². The van der Waals surface area contributed by atoms with Gasteiger partial charge in [-0.05, 0) is 48.1 Å². The first-order valence-electron chi connectivity index (χ1n) is 7.74. The molecule has 1 aromatic carbocycles. The molecule has 0 aliphatic heterocycles. The highest BCUT2D eigenvalue weighted by Crippen LogP contribution is 2.28. The van der Waals surface area contributed by atoms with E-state index in [0.717, 1.165) is 19.3 Å². The second-order valence-electron chi connectivity index (χ2n) is 7.10. The number of benzene rings is 1. The molecule has 19 heavy (non-hydrogen) atoms. The van der Waals surface area contributed by atoms with Crippen LogP contribution in [0.1, 0.15) is 64.0 Å². The third kappa shape index (κ3) is 4.07. The van der Waals surface area contributed by atoms with Crippen molar-refractivity contribution in [2.75, 3.05) is 0 Å². The van der Waals surface area contributed by atoms with Gasteiger partial charge in [0, 0.05) is 0 Å². The zero-order chi connectivity index (χ0) is 13.9. The lowest BCUT2D eigenvalue weighted by Gasteiger charge is -2.27. The summed E-state index contributed by atoms with van der Waals surface area (Å²) >= 11 is 0. The van der Waals surface area contributed by atoms with Crippen LogP contribution in [-0.4, -0.2) is 11.2 Å². The monoisotopic (exact) mass is 260 g/mol. The Kier molecular flexibility index (Phi) is 4.67. The van der Waals surface area contributed by atoms with Crippen LogP contribution in [0.5, 0.6) is 0 Å². The van der Waals surface area contributed by atoms with Gasteiger partial charge in [-0.1, -0.05) is 57.9 Å². The van der Waals surface area contributed by atoms with E-state index in [1.165, 1.54) is 30.4 Å². The van der Waals surface area contributed by atoms with E-state index in [0.29, 0.717) is 5.92 Å². The zero-order valence-corrected chi connectivity index (χ0v) is 12.7. The van der Waals surface area contributed by atoms with E-state index in [1.54, 1.807) is 0 Å². The number of aliphatic hydroxyl groups is 1. The Hall–Kier alpha value is -0.820. The van der Waals surface area contributed by atoms with Gasteiger partial charge in [-0.3, -0.25) is 0 Å². The smallest absolute Gasteiger partial charge is 0.0568 e. The van der Waals surface area contributed by atoms with E-state index >= 15 is 0 Å². The van der Waals surface area contributed by atoms with Crippen LogP contribution in [0.2, 0.25) is 0 Å². The predicted octanol–water partition coefficient (Wildman–Crippen LogP) is 4.47. The Bertz CT molecular complexity index is 385. The van der Waals surface area contributed by atoms with Crippen molar-refractivity contribution < 1.29 is 5.11 Å². The minimum atomic E-state index is -0.0531. The lowest BCUT2D eigenvalue weighted by atomic mass is 9.82. The zero-order valence-electron chi connectivity index (χ0n) is 12.7. The molecule has 0 heterocycles. The van der Waals surface area contributed by atoms with Gasteiger partial charge in [0.2, 0.25) is 0 Å². The molecular formula is C18H28O. The van der Waals surface area contributed by atoms with Crippen LogP contribution in [0.15, 0.2) is 24.3 Å². The molecule has 0 bridgehead atoms. The number of hydrogen-bond acceptors (Lipinski definition) is 1. The fraction of sp³-hybridized carbons (Fsp3) is 0.667. The first-order chi connectivity index (χ1) is 8.97. The Morgan fingerprint density at radius 1 is 1.05 bits per heavy atom. The van der Waals surface area contributed by atoms with Gasteiger partial charge in [0.25, 0.3) is 0 Å². The minimum Gasteiger partial charge on any atom is -0.393 e. The molecule has 1 aromatic rings. The molecule has 1 fully saturated rings. The Balaban J connectivity index is 1.89.